The van der Waals surface area contributed by atoms with E-state index in [-0.39, 0.29) is 18.1 Å². The van der Waals surface area contributed by atoms with Crippen LogP contribution in [0, 0.1) is 0 Å². The van der Waals surface area contributed by atoms with Gasteiger partial charge in [-0.3, -0.25) is 0 Å². The van der Waals surface area contributed by atoms with Crippen LogP contribution in [0.1, 0.15) is 23.3 Å². The van der Waals surface area contributed by atoms with Gasteiger partial charge in [-0.1, -0.05) is 17.3 Å². The van der Waals surface area contributed by atoms with Crippen LogP contribution in [0.15, 0.2) is 28.8 Å². The number of halogens is 3. The van der Waals surface area contributed by atoms with Gasteiger partial charge in [-0.05, 0) is 24.1 Å². The first-order valence-electron chi connectivity index (χ1n) is 5.30. The molecular weight excluding hydrogens is 263 g/mol. The maximum absolute atomic E-state index is 12.3. The van der Waals surface area contributed by atoms with Crippen LogP contribution in [0.3, 0.4) is 0 Å². The molecule has 1 atom stereocenters. The molecule has 8 heteroatoms. The Morgan fingerprint density at radius 2 is 1.89 bits per heavy atom. The molecule has 2 rings (SSSR count). The molecular formula is C11H10F3N3O2. The fourth-order valence-electron chi connectivity index (χ4n) is 1.47. The molecule has 2 aromatic rings. The molecule has 0 aliphatic carbocycles. The number of nitrogens with zero attached hydrogens (tertiary/aromatic N) is 2. The molecule has 0 aliphatic rings. The van der Waals surface area contributed by atoms with Gasteiger partial charge in [-0.25, -0.2) is 0 Å². The highest BCUT2D eigenvalue weighted by molar-refractivity contribution is 5.26. The topological polar surface area (TPSA) is 85.2 Å². The molecule has 1 heterocycles. The van der Waals surface area contributed by atoms with Crippen LogP contribution in [-0.4, -0.2) is 15.2 Å². The lowest BCUT2D eigenvalue weighted by molar-refractivity contribution is -0.146. The maximum atomic E-state index is 12.3. The lowest BCUT2D eigenvalue weighted by Gasteiger charge is -2.06. The summed E-state index contributed by atoms with van der Waals surface area (Å²) < 4.78 is 41.3. The minimum atomic E-state index is -4.65. The molecule has 0 spiro atoms. The summed E-state index contributed by atoms with van der Waals surface area (Å²) >= 11 is 0. The molecule has 0 fully saturated rings. The Morgan fingerprint density at radius 3 is 2.42 bits per heavy atom. The van der Waals surface area contributed by atoms with Crippen molar-refractivity contribution in [2.75, 3.05) is 0 Å². The van der Waals surface area contributed by atoms with Crippen molar-refractivity contribution in [3.8, 4) is 5.75 Å². The van der Waals surface area contributed by atoms with Gasteiger partial charge in [0.15, 0.2) is 0 Å². The van der Waals surface area contributed by atoms with Crippen molar-refractivity contribution in [1.82, 2.24) is 10.1 Å². The molecule has 0 unspecified atom stereocenters. The van der Waals surface area contributed by atoms with E-state index in [2.05, 4.69) is 14.7 Å². The van der Waals surface area contributed by atoms with Crippen LogP contribution in [0.25, 0.3) is 0 Å². The highest BCUT2D eigenvalue weighted by Gasteiger charge is 2.37. The van der Waals surface area contributed by atoms with Gasteiger partial charge in [0, 0.05) is 0 Å². The molecule has 1 aromatic heterocycles. The summed E-state index contributed by atoms with van der Waals surface area (Å²) in [6, 6.07) is 5.29. The SMILES string of the molecule is N[C@@H](Cc1ccc(O)cc1)c1nc(C(F)(F)F)no1. The number of hydrogen-bond acceptors (Lipinski definition) is 5. The third kappa shape index (κ3) is 3.22. The molecule has 5 nitrogen and oxygen atoms in total. The number of phenolic OH excluding ortho intramolecular Hbond substituents is 1. The Balaban J connectivity index is 2.09. The number of aromatic hydroxyl groups is 1. The highest BCUT2D eigenvalue weighted by atomic mass is 19.4. The summed E-state index contributed by atoms with van der Waals surface area (Å²) in [6.45, 7) is 0. The lowest BCUT2D eigenvalue weighted by atomic mass is 10.1. The minimum Gasteiger partial charge on any atom is -0.508 e. The molecule has 0 saturated carbocycles. The summed E-state index contributed by atoms with van der Waals surface area (Å²) in [6.07, 6.45) is -4.43. The summed E-state index contributed by atoms with van der Waals surface area (Å²) in [5.74, 6) is -1.53. The first-order chi connectivity index (χ1) is 8.86. The van der Waals surface area contributed by atoms with Gasteiger partial charge in [0.2, 0.25) is 5.89 Å². The van der Waals surface area contributed by atoms with E-state index < -0.39 is 18.0 Å². The van der Waals surface area contributed by atoms with E-state index in [1.165, 1.54) is 12.1 Å². The Labute approximate surface area is 105 Å². The lowest BCUT2D eigenvalue weighted by Crippen LogP contribution is -2.14. The van der Waals surface area contributed by atoms with Crippen LogP contribution in [-0.2, 0) is 12.6 Å². The van der Waals surface area contributed by atoms with E-state index in [9.17, 15) is 13.2 Å². The Hall–Kier alpha value is -2.09. The molecule has 3 N–H and O–H groups in total. The molecule has 19 heavy (non-hydrogen) atoms. The van der Waals surface area contributed by atoms with E-state index in [1.54, 1.807) is 12.1 Å². The molecule has 0 bridgehead atoms. The maximum Gasteiger partial charge on any atom is 0.455 e. The molecule has 0 saturated heterocycles. The number of phenols is 1. The summed E-state index contributed by atoms with van der Waals surface area (Å²) in [7, 11) is 0. The number of alkyl halides is 3. The number of nitrogens with two attached hydrogens (primary N) is 1. The predicted molar refractivity (Wildman–Crippen MR) is 58.0 cm³/mol. The second-order valence-electron chi connectivity index (χ2n) is 3.93. The fourth-order valence-corrected chi connectivity index (χ4v) is 1.47. The molecule has 0 radical (unpaired) electrons. The molecule has 102 valence electrons. The minimum absolute atomic E-state index is 0.0921. The Morgan fingerprint density at radius 1 is 1.26 bits per heavy atom. The third-order valence-corrected chi connectivity index (χ3v) is 2.40. The van der Waals surface area contributed by atoms with Gasteiger partial charge >= 0.3 is 6.18 Å². The zero-order valence-corrected chi connectivity index (χ0v) is 9.55. The van der Waals surface area contributed by atoms with Gasteiger partial charge in [0.25, 0.3) is 5.82 Å². The largest absolute Gasteiger partial charge is 0.508 e. The van der Waals surface area contributed by atoms with Gasteiger partial charge < -0.3 is 15.4 Å². The second kappa shape index (κ2) is 4.88. The van der Waals surface area contributed by atoms with E-state index >= 15 is 0 Å². The van der Waals surface area contributed by atoms with Gasteiger partial charge in [-0.2, -0.15) is 18.2 Å². The summed E-state index contributed by atoms with van der Waals surface area (Å²) in [5.41, 5.74) is 6.43. The van der Waals surface area contributed by atoms with Crippen LogP contribution >= 0.6 is 0 Å². The Bertz CT molecular complexity index is 551. The average molecular weight is 273 g/mol. The van der Waals surface area contributed by atoms with E-state index in [4.69, 9.17) is 10.8 Å². The second-order valence-corrected chi connectivity index (χ2v) is 3.93. The van der Waals surface area contributed by atoms with Crippen molar-refractivity contribution in [3.63, 3.8) is 0 Å². The zero-order chi connectivity index (χ0) is 14.0. The van der Waals surface area contributed by atoms with Crippen LogP contribution < -0.4 is 5.73 Å². The number of hydrogen-bond donors (Lipinski definition) is 2. The zero-order valence-electron chi connectivity index (χ0n) is 9.55. The normalized spacial score (nSPS) is 13.5. The van der Waals surface area contributed by atoms with Gasteiger partial charge in [0.05, 0.1) is 6.04 Å². The molecule has 0 aliphatic heterocycles. The van der Waals surface area contributed by atoms with Crippen molar-refractivity contribution in [2.45, 2.75) is 18.6 Å². The van der Waals surface area contributed by atoms with E-state index in [0.717, 1.165) is 5.56 Å². The average Bonchev–Trinajstić information content (AvgIpc) is 2.81. The number of aromatic nitrogens is 2. The van der Waals surface area contributed by atoms with Crippen LogP contribution in [0.5, 0.6) is 5.75 Å². The first kappa shape index (κ1) is 13.3. The number of rotatable bonds is 3. The quantitative estimate of drug-likeness (QED) is 0.893. The Kier molecular flexibility index (Phi) is 3.43. The van der Waals surface area contributed by atoms with E-state index in [1.807, 2.05) is 0 Å². The van der Waals surface area contributed by atoms with Gasteiger partial charge in [0.1, 0.15) is 5.75 Å². The summed E-state index contributed by atoms with van der Waals surface area (Å²) in [4.78, 5) is 3.22. The van der Waals surface area contributed by atoms with Crippen molar-refractivity contribution < 1.29 is 22.8 Å². The van der Waals surface area contributed by atoms with Crippen LogP contribution in [0.2, 0.25) is 0 Å². The fraction of sp³-hybridized carbons (Fsp3) is 0.273. The smallest absolute Gasteiger partial charge is 0.455 e. The first-order valence-corrected chi connectivity index (χ1v) is 5.30. The van der Waals surface area contributed by atoms with Crippen molar-refractivity contribution in [2.24, 2.45) is 5.73 Å². The third-order valence-electron chi connectivity index (χ3n) is 2.40. The summed E-state index contributed by atoms with van der Waals surface area (Å²) in [5, 5.41) is 11.9. The molecule has 0 amide bonds. The van der Waals surface area contributed by atoms with Crippen LogP contribution in [0.4, 0.5) is 13.2 Å². The monoisotopic (exact) mass is 273 g/mol. The van der Waals surface area contributed by atoms with E-state index in [0.29, 0.717) is 0 Å². The highest BCUT2D eigenvalue weighted by Crippen LogP contribution is 2.27. The van der Waals surface area contributed by atoms with Crippen molar-refractivity contribution >= 4 is 0 Å². The predicted octanol–water partition coefficient (Wildman–Crippen LogP) is 2.04. The standard InChI is InChI=1S/C11H10F3N3O2/c12-11(13,14)10-16-9(19-17-10)8(15)5-6-1-3-7(18)4-2-6/h1-4,8,18H,5,15H2/t8-/m0/s1. The number of benzene rings is 1. The van der Waals surface area contributed by atoms with Crippen molar-refractivity contribution in [1.29, 1.82) is 0 Å². The van der Waals surface area contributed by atoms with Crippen molar-refractivity contribution in [3.05, 3.63) is 41.5 Å². The molecule has 1 aromatic carbocycles. The van der Waals surface area contributed by atoms with Gasteiger partial charge in [-0.15, -0.1) is 0 Å².